The number of hydrogen-bond acceptors (Lipinski definition) is 6. The van der Waals surface area contributed by atoms with E-state index in [9.17, 15) is 0 Å². The van der Waals surface area contributed by atoms with Gasteiger partial charge in [0.1, 0.15) is 17.5 Å². The summed E-state index contributed by atoms with van der Waals surface area (Å²) in [6, 6.07) is 0. The molecule has 1 unspecified atom stereocenters. The SMILES string of the molecule is NCc1nnn(-c2nccs2)c1C1CCCO1. The molecule has 0 saturated carbocycles. The van der Waals surface area contributed by atoms with Crippen LogP contribution in [0.3, 0.4) is 0 Å². The highest BCUT2D eigenvalue weighted by Gasteiger charge is 2.27. The van der Waals surface area contributed by atoms with Gasteiger partial charge in [0, 0.05) is 24.7 Å². The Morgan fingerprint density at radius 3 is 3.18 bits per heavy atom. The van der Waals surface area contributed by atoms with Gasteiger partial charge in [-0.1, -0.05) is 5.21 Å². The van der Waals surface area contributed by atoms with E-state index >= 15 is 0 Å². The summed E-state index contributed by atoms with van der Waals surface area (Å²) in [5.41, 5.74) is 7.45. The van der Waals surface area contributed by atoms with E-state index in [-0.39, 0.29) is 6.10 Å². The van der Waals surface area contributed by atoms with Crippen LogP contribution in [-0.4, -0.2) is 26.6 Å². The summed E-state index contributed by atoms with van der Waals surface area (Å²) < 4.78 is 7.45. The van der Waals surface area contributed by atoms with Crippen molar-refractivity contribution in [2.45, 2.75) is 25.5 Å². The molecule has 3 heterocycles. The molecule has 0 radical (unpaired) electrons. The second kappa shape index (κ2) is 4.52. The third kappa shape index (κ3) is 1.86. The zero-order valence-electron chi connectivity index (χ0n) is 9.24. The Morgan fingerprint density at radius 1 is 1.59 bits per heavy atom. The van der Waals surface area contributed by atoms with Gasteiger partial charge >= 0.3 is 0 Å². The lowest BCUT2D eigenvalue weighted by Crippen LogP contribution is -2.10. The van der Waals surface area contributed by atoms with E-state index in [1.165, 1.54) is 11.3 Å². The van der Waals surface area contributed by atoms with E-state index in [1.807, 2.05) is 5.38 Å². The summed E-state index contributed by atoms with van der Waals surface area (Å²) >= 11 is 1.53. The van der Waals surface area contributed by atoms with Crippen molar-refractivity contribution in [3.8, 4) is 5.13 Å². The molecule has 0 aliphatic carbocycles. The molecule has 0 amide bonds. The Morgan fingerprint density at radius 2 is 2.53 bits per heavy atom. The highest BCUT2D eigenvalue weighted by molar-refractivity contribution is 7.12. The normalized spacial score (nSPS) is 19.9. The molecule has 2 N–H and O–H groups in total. The minimum Gasteiger partial charge on any atom is -0.372 e. The lowest BCUT2D eigenvalue weighted by Gasteiger charge is -2.11. The number of ether oxygens (including phenoxy) is 1. The van der Waals surface area contributed by atoms with Crippen molar-refractivity contribution in [3.05, 3.63) is 23.0 Å². The van der Waals surface area contributed by atoms with Crippen LogP contribution in [-0.2, 0) is 11.3 Å². The van der Waals surface area contributed by atoms with Crippen LogP contribution in [0.5, 0.6) is 0 Å². The van der Waals surface area contributed by atoms with E-state index in [4.69, 9.17) is 10.5 Å². The second-order valence-corrected chi connectivity index (χ2v) is 4.73. The van der Waals surface area contributed by atoms with Gasteiger partial charge in [0.2, 0.25) is 5.13 Å². The third-order valence-electron chi connectivity index (χ3n) is 2.81. The van der Waals surface area contributed by atoms with E-state index in [1.54, 1.807) is 10.9 Å². The van der Waals surface area contributed by atoms with Crippen molar-refractivity contribution in [1.82, 2.24) is 20.0 Å². The van der Waals surface area contributed by atoms with Gasteiger partial charge in [0.25, 0.3) is 0 Å². The average Bonchev–Trinajstić information content (AvgIpc) is 3.09. The van der Waals surface area contributed by atoms with Crippen molar-refractivity contribution in [2.75, 3.05) is 6.61 Å². The molecule has 2 aromatic heterocycles. The highest BCUT2D eigenvalue weighted by atomic mass is 32.1. The molecule has 6 nitrogen and oxygen atoms in total. The highest BCUT2D eigenvalue weighted by Crippen LogP contribution is 2.31. The number of nitrogens with zero attached hydrogens (tertiary/aromatic N) is 4. The Labute approximate surface area is 102 Å². The van der Waals surface area contributed by atoms with Crippen LogP contribution in [0.25, 0.3) is 5.13 Å². The lowest BCUT2D eigenvalue weighted by molar-refractivity contribution is 0.106. The zero-order chi connectivity index (χ0) is 11.7. The van der Waals surface area contributed by atoms with Gasteiger partial charge in [-0.2, -0.15) is 4.68 Å². The molecule has 90 valence electrons. The monoisotopic (exact) mass is 251 g/mol. The van der Waals surface area contributed by atoms with Gasteiger partial charge in [0.05, 0.1) is 0 Å². The van der Waals surface area contributed by atoms with Crippen LogP contribution in [0.2, 0.25) is 0 Å². The molecule has 1 aliphatic heterocycles. The quantitative estimate of drug-likeness (QED) is 0.881. The standard InChI is InChI=1S/C10H13N5OS/c11-6-7-9(8-2-1-4-16-8)15(14-13-7)10-12-3-5-17-10/h3,5,8H,1-2,4,6,11H2. The summed E-state index contributed by atoms with van der Waals surface area (Å²) in [5.74, 6) is 0. The number of nitrogens with two attached hydrogens (primary N) is 1. The summed E-state index contributed by atoms with van der Waals surface area (Å²) in [4.78, 5) is 4.25. The van der Waals surface area contributed by atoms with E-state index in [0.29, 0.717) is 6.54 Å². The van der Waals surface area contributed by atoms with Crippen LogP contribution >= 0.6 is 11.3 Å². The average molecular weight is 251 g/mol. The molecule has 1 fully saturated rings. The number of rotatable bonds is 3. The molecule has 17 heavy (non-hydrogen) atoms. The maximum Gasteiger partial charge on any atom is 0.212 e. The molecular formula is C10H13N5OS. The van der Waals surface area contributed by atoms with Crippen LogP contribution in [0.4, 0.5) is 0 Å². The molecule has 1 atom stereocenters. The maximum atomic E-state index is 5.70. The molecule has 2 aromatic rings. The Bertz CT molecular complexity index is 489. The number of hydrogen-bond donors (Lipinski definition) is 1. The van der Waals surface area contributed by atoms with Gasteiger partial charge in [-0.05, 0) is 12.8 Å². The molecule has 0 bridgehead atoms. The Kier molecular flexibility index (Phi) is 2.87. The minimum atomic E-state index is 0.0486. The van der Waals surface area contributed by atoms with E-state index < -0.39 is 0 Å². The molecule has 7 heteroatoms. The molecule has 1 aliphatic rings. The topological polar surface area (TPSA) is 78.9 Å². The molecule has 3 rings (SSSR count). The van der Waals surface area contributed by atoms with Crippen molar-refractivity contribution >= 4 is 11.3 Å². The van der Waals surface area contributed by atoms with Crippen molar-refractivity contribution in [2.24, 2.45) is 5.73 Å². The Hall–Kier alpha value is -1.31. The fourth-order valence-corrected chi connectivity index (χ4v) is 2.64. The van der Waals surface area contributed by atoms with Crippen LogP contribution in [0.1, 0.15) is 30.3 Å². The predicted molar refractivity (Wildman–Crippen MR) is 62.8 cm³/mol. The maximum absolute atomic E-state index is 5.70. The van der Waals surface area contributed by atoms with Crippen molar-refractivity contribution in [1.29, 1.82) is 0 Å². The third-order valence-corrected chi connectivity index (χ3v) is 3.55. The summed E-state index contributed by atoms with van der Waals surface area (Å²) in [5, 5.41) is 11.0. The predicted octanol–water partition coefficient (Wildman–Crippen LogP) is 1.03. The van der Waals surface area contributed by atoms with Crippen LogP contribution in [0.15, 0.2) is 11.6 Å². The first-order valence-corrected chi connectivity index (χ1v) is 6.44. The smallest absolute Gasteiger partial charge is 0.212 e. The van der Waals surface area contributed by atoms with Gasteiger partial charge in [0.15, 0.2) is 0 Å². The van der Waals surface area contributed by atoms with Crippen molar-refractivity contribution < 1.29 is 4.74 Å². The van der Waals surface area contributed by atoms with Crippen LogP contribution < -0.4 is 5.73 Å². The van der Waals surface area contributed by atoms with Gasteiger partial charge in [-0.3, -0.25) is 0 Å². The largest absolute Gasteiger partial charge is 0.372 e. The van der Waals surface area contributed by atoms with Gasteiger partial charge in [-0.15, -0.1) is 16.4 Å². The first-order valence-electron chi connectivity index (χ1n) is 5.56. The minimum absolute atomic E-state index is 0.0486. The fraction of sp³-hybridized carbons (Fsp3) is 0.500. The van der Waals surface area contributed by atoms with Gasteiger partial charge < -0.3 is 10.5 Å². The second-order valence-electron chi connectivity index (χ2n) is 3.85. The first-order chi connectivity index (χ1) is 8.40. The summed E-state index contributed by atoms with van der Waals surface area (Å²) in [7, 11) is 0. The first kappa shape index (κ1) is 10.8. The lowest BCUT2D eigenvalue weighted by atomic mass is 10.1. The summed E-state index contributed by atoms with van der Waals surface area (Å²) in [6.07, 6.45) is 3.86. The summed E-state index contributed by atoms with van der Waals surface area (Å²) in [6.45, 7) is 1.16. The van der Waals surface area contributed by atoms with Crippen LogP contribution in [0, 0.1) is 0 Å². The molecular weight excluding hydrogens is 238 g/mol. The van der Waals surface area contributed by atoms with Crippen molar-refractivity contribution in [3.63, 3.8) is 0 Å². The molecule has 1 saturated heterocycles. The van der Waals surface area contributed by atoms with Gasteiger partial charge in [-0.25, -0.2) is 4.98 Å². The number of aromatic nitrogens is 4. The fourth-order valence-electron chi connectivity index (χ4n) is 2.04. The zero-order valence-corrected chi connectivity index (χ0v) is 10.1. The van der Waals surface area contributed by atoms with E-state index in [2.05, 4.69) is 15.3 Å². The van der Waals surface area contributed by atoms with E-state index in [0.717, 1.165) is 36.0 Å². The number of thiazole rings is 1. The molecule has 0 spiro atoms. The molecule has 0 aromatic carbocycles. The Balaban J connectivity index is 2.06.